The maximum Gasteiger partial charge on any atom is 0.341 e. The number of esters is 1. The summed E-state index contributed by atoms with van der Waals surface area (Å²) in [7, 11) is 2.73. The van der Waals surface area contributed by atoms with Crippen LogP contribution in [0.4, 0.5) is 22.0 Å². The fraction of sp³-hybridized carbons (Fsp3) is 0.378. The minimum atomic E-state index is -1.26. The predicted molar refractivity (Wildman–Crippen MR) is 390 cm³/mol. The van der Waals surface area contributed by atoms with Gasteiger partial charge in [0.1, 0.15) is 46.0 Å². The number of hydrogen-bond acceptors (Lipinski definition) is 12. The van der Waals surface area contributed by atoms with Crippen molar-refractivity contribution in [3.8, 4) is 0 Å². The Morgan fingerprint density at radius 3 is 1.29 bits per heavy atom. The molecule has 7 heterocycles. The molecule has 3 saturated carbocycles. The number of imidazole rings is 3. The van der Waals surface area contributed by atoms with Crippen molar-refractivity contribution in [2.24, 2.45) is 17.8 Å². The summed E-state index contributed by atoms with van der Waals surface area (Å²) in [5, 5.41) is 8.57. The first-order chi connectivity index (χ1) is 50.4. The number of halogens is 5. The van der Waals surface area contributed by atoms with Crippen molar-refractivity contribution in [3.05, 3.63) is 214 Å². The minimum absolute atomic E-state index is 0.0102. The van der Waals surface area contributed by atoms with E-state index in [4.69, 9.17) is 19.4 Å². The summed E-state index contributed by atoms with van der Waals surface area (Å²) in [5.41, 5.74) is 10.5. The molecule has 104 heavy (non-hydrogen) atoms. The van der Waals surface area contributed by atoms with E-state index in [0.29, 0.717) is 84.7 Å². The molecule has 3 atom stereocenters. The zero-order valence-electron chi connectivity index (χ0n) is 58.8. The molecule has 6 aromatic heterocycles. The van der Waals surface area contributed by atoms with Crippen molar-refractivity contribution in [1.82, 2.24) is 55.5 Å². The topological polar surface area (TPSA) is 228 Å². The quantitative estimate of drug-likeness (QED) is 0.0346. The van der Waals surface area contributed by atoms with Crippen molar-refractivity contribution in [2.45, 2.75) is 139 Å². The van der Waals surface area contributed by atoms with Gasteiger partial charge in [0.05, 0.1) is 77.1 Å². The molecule has 3 aliphatic carbocycles. The third-order valence-electron chi connectivity index (χ3n) is 22.4. The monoisotopic (exact) mass is 1410 g/mol. The van der Waals surface area contributed by atoms with E-state index in [9.17, 15) is 36.3 Å². The number of nitrogens with one attached hydrogen (secondary N) is 5. The molecule has 0 radical (unpaired) electrons. The SMILES string of the molecule is CC(c1nc2ccc(C(=O)NC3COC3)cc2[nH]1)C1CCC(c2ccnc3ccc(F)cc23)CC1.COC(=O)c1cc2[nH]c(C(C)C3CCC(c4ccnc5ccc(F)cc45)CC3)nc2c(F)c1F.COCCNC(=O)c1ccc2nc(C(C)C3CCC(c4ccnc5ccc(F)cc45)CC3)[nH]c2c1. The van der Waals surface area contributed by atoms with Crippen LogP contribution >= 0.6 is 0 Å². The number of benzene rings is 6. The van der Waals surface area contributed by atoms with Gasteiger partial charge in [-0.05, 0) is 245 Å². The second-order valence-corrected chi connectivity index (χ2v) is 28.6. The lowest BCUT2D eigenvalue weighted by Crippen LogP contribution is -2.48. The summed E-state index contributed by atoms with van der Waals surface area (Å²) in [6.45, 7) is 8.62. The molecule has 12 aromatic rings. The molecular weight excluding hydrogens is 1330 g/mol. The number of H-pyrrole nitrogens is 3. The molecule has 6 aromatic carbocycles. The lowest BCUT2D eigenvalue weighted by Gasteiger charge is -2.32. The number of nitrogens with zero attached hydrogens (tertiary/aromatic N) is 6. The largest absolute Gasteiger partial charge is 0.465 e. The highest BCUT2D eigenvalue weighted by Gasteiger charge is 2.34. The van der Waals surface area contributed by atoms with Crippen LogP contribution in [0.5, 0.6) is 0 Å². The normalized spacial score (nSPS) is 20.1. The number of fused-ring (bicyclic) bond motifs is 6. The van der Waals surface area contributed by atoms with E-state index in [2.05, 4.69) is 76.2 Å². The number of carbonyl (C=O) groups excluding carboxylic acids is 3. The fourth-order valence-electron chi connectivity index (χ4n) is 16.3. The maximum atomic E-state index is 14.6. The van der Waals surface area contributed by atoms with E-state index in [1.54, 1.807) is 49.7 Å². The maximum absolute atomic E-state index is 14.6. The van der Waals surface area contributed by atoms with Gasteiger partial charge in [-0.15, -0.1) is 0 Å². The number of hydrogen-bond donors (Lipinski definition) is 5. The van der Waals surface area contributed by atoms with E-state index in [-0.39, 0.29) is 58.2 Å². The van der Waals surface area contributed by atoms with Crippen LogP contribution in [-0.4, -0.2) is 109 Å². The van der Waals surface area contributed by atoms with Gasteiger partial charge in [0.25, 0.3) is 11.8 Å². The molecule has 22 heteroatoms. The third kappa shape index (κ3) is 15.2. The minimum Gasteiger partial charge on any atom is -0.465 e. The molecule has 1 saturated heterocycles. The molecule has 4 fully saturated rings. The highest BCUT2D eigenvalue weighted by molar-refractivity contribution is 5.99. The molecule has 0 spiro atoms. The second kappa shape index (κ2) is 31.1. The van der Waals surface area contributed by atoms with Crippen LogP contribution in [0, 0.1) is 46.8 Å². The van der Waals surface area contributed by atoms with Gasteiger partial charge < -0.3 is 39.8 Å². The Bertz CT molecular complexity index is 5130. The summed E-state index contributed by atoms with van der Waals surface area (Å²) in [4.78, 5) is 73.9. The molecular formula is C82H84F5N11O6. The standard InChI is InChI=1S/C28H29FN4O2.C28H31FN4O2.C26H24F3N3O2/c1-16(27-32-25-8-6-19(12-26(25)33-27)28(34)31-21-14-35-15-21)17-2-4-18(5-3-17)22-10-11-30-24-9-7-20(29)13-23(22)24;1-17(27-32-25-9-7-20(15-26(25)33-27)28(34)31-13-14-35-2)18-3-5-19(6-4-18)22-11-12-30-24-10-8-21(29)16-23(22)24;1-13(25-31-21-12-19(26(33)34-2)22(28)23(29)24(21)32-25)14-3-5-15(6-4-14)17-9-10-30-20-8-7-16(27)11-18(17)20/h6-13,16-18,21H,2-5,14-15H2,1H3,(H,31,34)(H,32,33);7-12,15-19H,3-6,13-14H2,1-2H3,(H,31,34)(H,32,33);7-15H,3-6H2,1-2H3,(H,31,32). The third-order valence-corrected chi connectivity index (χ3v) is 22.4. The first-order valence-corrected chi connectivity index (χ1v) is 36.2. The van der Waals surface area contributed by atoms with Crippen LogP contribution in [0.2, 0.25) is 0 Å². The molecule has 538 valence electrons. The van der Waals surface area contributed by atoms with Crippen molar-refractivity contribution in [1.29, 1.82) is 0 Å². The predicted octanol–water partition coefficient (Wildman–Crippen LogP) is 17.6. The van der Waals surface area contributed by atoms with Crippen LogP contribution < -0.4 is 10.6 Å². The number of ether oxygens (including phenoxy) is 3. The Morgan fingerprint density at radius 1 is 0.481 bits per heavy atom. The van der Waals surface area contributed by atoms with Crippen LogP contribution in [0.15, 0.2) is 134 Å². The molecule has 4 aliphatic rings. The zero-order chi connectivity index (χ0) is 72.3. The molecule has 2 amide bonds. The highest BCUT2D eigenvalue weighted by Crippen LogP contribution is 2.47. The number of carbonyl (C=O) groups is 3. The van der Waals surface area contributed by atoms with Gasteiger partial charge in [-0.25, -0.2) is 41.7 Å². The average molecular weight is 1410 g/mol. The molecule has 5 N–H and O–H groups in total. The average Bonchev–Trinajstić information content (AvgIpc) is 1.56. The Labute approximate surface area is 598 Å². The second-order valence-electron chi connectivity index (χ2n) is 28.6. The lowest BCUT2D eigenvalue weighted by atomic mass is 9.73. The van der Waals surface area contributed by atoms with E-state index in [1.807, 2.05) is 61.8 Å². The summed E-state index contributed by atoms with van der Waals surface area (Å²) in [5.74, 6) is 1.32. The van der Waals surface area contributed by atoms with Gasteiger partial charge in [0, 0.05) is 77.3 Å². The molecule has 0 bridgehead atoms. The first kappa shape index (κ1) is 71.0. The van der Waals surface area contributed by atoms with Crippen molar-refractivity contribution in [3.63, 3.8) is 0 Å². The molecule has 16 rings (SSSR count). The fourth-order valence-corrected chi connectivity index (χ4v) is 16.3. The smallest absolute Gasteiger partial charge is 0.341 e. The van der Waals surface area contributed by atoms with Crippen molar-refractivity contribution >= 4 is 83.6 Å². The van der Waals surface area contributed by atoms with Crippen molar-refractivity contribution in [2.75, 3.05) is 40.6 Å². The summed E-state index contributed by atoms with van der Waals surface area (Å²) >= 11 is 0. The number of methoxy groups -OCH3 is 2. The summed E-state index contributed by atoms with van der Waals surface area (Å²) in [6.07, 6.45) is 17.8. The number of rotatable bonds is 16. The van der Waals surface area contributed by atoms with Gasteiger partial charge >= 0.3 is 5.97 Å². The van der Waals surface area contributed by atoms with Gasteiger partial charge in [-0.3, -0.25) is 24.5 Å². The summed E-state index contributed by atoms with van der Waals surface area (Å²) in [6, 6.07) is 33.0. The van der Waals surface area contributed by atoms with E-state index >= 15 is 0 Å². The zero-order valence-corrected chi connectivity index (χ0v) is 58.8. The number of aromatic amines is 3. The Balaban J connectivity index is 0.000000132. The number of pyridine rings is 3. The van der Waals surface area contributed by atoms with Crippen LogP contribution in [-0.2, 0) is 14.2 Å². The first-order valence-electron chi connectivity index (χ1n) is 36.2. The van der Waals surface area contributed by atoms with Crippen LogP contribution in [0.1, 0.15) is 199 Å². The molecule has 17 nitrogen and oxygen atoms in total. The number of aromatic nitrogens is 9. The van der Waals surface area contributed by atoms with Gasteiger partial charge in [0.15, 0.2) is 11.6 Å². The Kier molecular flexibility index (Phi) is 21.2. The van der Waals surface area contributed by atoms with Gasteiger partial charge in [0.2, 0.25) is 0 Å². The molecule has 3 unspecified atom stereocenters. The number of amides is 2. The Hall–Kier alpha value is -10.1. The Morgan fingerprint density at radius 2 is 0.885 bits per heavy atom. The van der Waals surface area contributed by atoms with E-state index in [1.165, 1.54) is 35.4 Å². The van der Waals surface area contributed by atoms with E-state index in [0.717, 1.165) is 156 Å². The highest BCUT2D eigenvalue weighted by atomic mass is 19.2. The lowest BCUT2D eigenvalue weighted by molar-refractivity contribution is -0.00346. The van der Waals surface area contributed by atoms with Crippen molar-refractivity contribution < 1.29 is 50.5 Å². The van der Waals surface area contributed by atoms with E-state index < -0.39 is 23.2 Å². The molecule has 1 aliphatic heterocycles. The summed E-state index contributed by atoms with van der Waals surface area (Å²) < 4.78 is 85.2. The van der Waals surface area contributed by atoms with Gasteiger partial charge in [-0.2, -0.15) is 0 Å². The van der Waals surface area contributed by atoms with Crippen LogP contribution in [0.3, 0.4) is 0 Å². The van der Waals surface area contributed by atoms with Crippen LogP contribution in [0.25, 0.3) is 65.8 Å². The van der Waals surface area contributed by atoms with Gasteiger partial charge in [-0.1, -0.05) is 20.8 Å².